The number of imidazole rings is 1. The van der Waals surface area contributed by atoms with E-state index in [1.54, 1.807) is 12.5 Å². The molecule has 214 valence electrons. The van der Waals surface area contributed by atoms with Crippen LogP contribution in [0.1, 0.15) is 30.4 Å². The van der Waals surface area contributed by atoms with Gasteiger partial charge in [0.25, 0.3) is 0 Å². The van der Waals surface area contributed by atoms with E-state index in [2.05, 4.69) is 37.9 Å². The predicted molar refractivity (Wildman–Crippen MR) is 163 cm³/mol. The van der Waals surface area contributed by atoms with Gasteiger partial charge in [0, 0.05) is 41.6 Å². The van der Waals surface area contributed by atoms with Crippen molar-refractivity contribution in [2.75, 3.05) is 30.8 Å². The lowest BCUT2D eigenvalue weighted by molar-refractivity contribution is -0.122. The number of rotatable bonds is 11. The first kappa shape index (κ1) is 28.9. The quantitative estimate of drug-likeness (QED) is 0.214. The Hall–Kier alpha value is -3.66. The molecule has 1 aliphatic rings. The minimum atomic E-state index is -0.470. The number of benzene rings is 2. The molecule has 0 saturated carbocycles. The van der Waals surface area contributed by atoms with Crippen molar-refractivity contribution in [3.8, 4) is 5.82 Å². The minimum absolute atomic E-state index is 0.0740. The highest BCUT2D eigenvalue weighted by atomic mass is 35.5. The van der Waals surface area contributed by atoms with Crippen LogP contribution >= 0.6 is 23.2 Å². The molecule has 1 fully saturated rings. The largest absolute Gasteiger partial charge is 0.358 e. The van der Waals surface area contributed by atoms with E-state index in [9.17, 15) is 4.79 Å². The van der Waals surface area contributed by atoms with E-state index < -0.39 is 6.04 Å². The highest BCUT2D eigenvalue weighted by molar-refractivity contribution is 6.30. The third kappa shape index (κ3) is 8.42. The van der Waals surface area contributed by atoms with Gasteiger partial charge in [-0.1, -0.05) is 47.5 Å². The molecule has 1 atom stereocenters. The molecule has 0 bridgehead atoms. The maximum Gasteiger partial charge on any atom is 0.242 e. The highest BCUT2D eigenvalue weighted by Gasteiger charge is 2.26. The molecule has 3 N–H and O–H groups in total. The van der Waals surface area contributed by atoms with Crippen LogP contribution in [0, 0.1) is 5.92 Å². The van der Waals surface area contributed by atoms with Crippen LogP contribution in [0.2, 0.25) is 10.0 Å². The number of piperidine rings is 1. The molecule has 41 heavy (non-hydrogen) atoms. The summed E-state index contributed by atoms with van der Waals surface area (Å²) in [6.45, 7) is 2.96. The zero-order valence-corrected chi connectivity index (χ0v) is 24.4. The molecule has 1 amide bonds. The SMILES string of the molecule is CN1CCC(CC(Nc2cc(-n3ccnc3)nc(NCc3cccc(Cl)c3)n2)C(=O)NCc2ccc(Cl)cc2)CC1. The molecule has 5 rings (SSSR count). The van der Waals surface area contributed by atoms with E-state index in [0.717, 1.165) is 37.1 Å². The van der Waals surface area contributed by atoms with Crippen LogP contribution < -0.4 is 16.0 Å². The first-order chi connectivity index (χ1) is 19.9. The number of carbonyl (C=O) groups is 1. The van der Waals surface area contributed by atoms with Crippen molar-refractivity contribution >= 4 is 40.9 Å². The summed E-state index contributed by atoms with van der Waals surface area (Å²) in [6.07, 6.45) is 8.01. The average molecular weight is 594 g/mol. The molecule has 4 aromatic rings. The van der Waals surface area contributed by atoms with Crippen molar-refractivity contribution in [1.29, 1.82) is 0 Å². The molecule has 0 spiro atoms. The fourth-order valence-corrected chi connectivity index (χ4v) is 5.24. The Morgan fingerprint density at radius 2 is 1.80 bits per heavy atom. The number of anilines is 2. The van der Waals surface area contributed by atoms with E-state index >= 15 is 0 Å². The van der Waals surface area contributed by atoms with E-state index in [4.69, 9.17) is 28.2 Å². The lowest BCUT2D eigenvalue weighted by atomic mass is 9.90. The van der Waals surface area contributed by atoms with Gasteiger partial charge in [0.1, 0.15) is 24.0 Å². The number of nitrogens with zero attached hydrogens (tertiary/aromatic N) is 5. The Morgan fingerprint density at radius 3 is 2.54 bits per heavy atom. The summed E-state index contributed by atoms with van der Waals surface area (Å²) in [7, 11) is 2.14. The van der Waals surface area contributed by atoms with Crippen LogP contribution in [-0.4, -0.2) is 56.5 Å². The smallest absolute Gasteiger partial charge is 0.242 e. The highest BCUT2D eigenvalue weighted by Crippen LogP contribution is 2.24. The van der Waals surface area contributed by atoms with Crippen LogP contribution in [0.3, 0.4) is 0 Å². The van der Waals surface area contributed by atoms with Gasteiger partial charge in [-0.25, -0.2) is 4.98 Å². The number of aromatic nitrogens is 4. The second kappa shape index (κ2) is 13.8. The van der Waals surface area contributed by atoms with Crippen molar-refractivity contribution in [1.82, 2.24) is 29.7 Å². The number of nitrogens with one attached hydrogen (secondary N) is 3. The molecule has 2 aromatic heterocycles. The standard InChI is InChI=1S/C30H34Cl2N8O/c1-39-12-9-21(10-13-39)16-26(29(41)34-18-22-5-7-24(31)8-6-22)36-27-17-28(40-14-11-33-20-40)38-30(37-27)35-19-23-3-2-4-25(32)15-23/h2-8,11,14-15,17,20-21,26H,9-10,12-13,16,18-19H2,1H3,(H,34,41)(H2,35,36,37,38). The Morgan fingerprint density at radius 1 is 1.00 bits per heavy atom. The van der Waals surface area contributed by atoms with Crippen molar-refractivity contribution in [3.63, 3.8) is 0 Å². The maximum absolute atomic E-state index is 13.6. The molecule has 11 heteroatoms. The number of carbonyl (C=O) groups excluding carboxylic acids is 1. The zero-order valence-electron chi connectivity index (χ0n) is 22.9. The number of hydrogen-bond acceptors (Lipinski definition) is 7. The molecule has 9 nitrogen and oxygen atoms in total. The summed E-state index contributed by atoms with van der Waals surface area (Å²) < 4.78 is 1.81. The number of hydrogen-bond donors (Lipinski definition) is 3. The number of likely N-dealkylation sites (tertiary alicyclic amines) is 1. The van der Waals surface area contributed by atoms with E-state index in [0.29, 0.717) is 53.1 Å². The fraction of sp³-hybridized carbons (Fsp3) is 0.333. The van der Waals surface area contributed by atoms with Crippen LogP contribution in [0.25, 0.3) is 5.82 Å². The lowest BCUT2D eigenvalue weighted by Crippen LogP contribution is -2.42. The van der Waals surface area contributed by atoms with Crippen molar-refractivity contribution in [2.45, 2.75) is 38.4 Å². The molecule has 0 radical (unpaired) electrons. The van der Waals surface area contributed by atoms with Gasteiger partial charge in [0.15, 0.2) is 0 Å². The van der Waals surface area contributed by atoms with Gasteiger partial charge in [-0.3, -0.25) is 9.36 Å². The summed E-state index contributed by atoms with van der Waals surface area (Å²) >= 11 is 12.2. The Labute approximate surface area is 250 Å². The molecule has 1 unspecified atom stereocenters. The first-order valence-corrected chi connectivity index (χ1v) is 14.5. The van der Waals surface area contributed by atoms with Gasteiger partial charge < -0.3 is 20.9 Å². The van der Waals surface area contributed by atoms with Crippen LogP contribution in [-0.2, 0) is 17.9 Å². The van der Waals surface area contributed by atoms with Crippen LogP contribution in [0.4, 0.5) is 11.8 Å². The number of amides is 1. The Bertz CT molecular complexity index is 1420. The Balaban J connectivity index is 1.36. The summed E-state index contributed by atoms with van der Waals surface area (Å²) in [5, 5.41) is 11.2. The third-order valence-corrected chi connectivity index (χ3v) is 7.73. The summed E-state index contributed by atoms with van der Waals surface area (Å²) in [5.41, 5.74) is 1.99. The fourth-order valence-electron chi connectivity index (χ4n) is 4.90. The molecule has 3 heterocycles. The molecular formula is C30H34Cl2N8O. The molecule has 2 aromatic carbocycles. The summed E-state index contributed by atoms with van der Waals surface area (Å²) in [6, 6.07) is 16.5. The van der Waals surface area contributed by atoms with Gasteiger partial charge in [0.05, 0.1) is 0 Å². The van der Waals surface area contributed by atoms with Crippen molar-refractivity contribution < 1.29 is 4.79 Å². The summed E-state index contributed by atoms with van der Waals surface area (Å²) in [5.74, 6) is 1.97. The molecule has 1 aliphatic heterocycles. The second-order valence-electron chi connectivity index (χ2n) is 10.4. The van der Waals surface area contributed by atoms with Crippen LogP contribution in [0.5, 0.6) is 0 Å². The van der Waals surface area contributed by atoms with Crippen molar-refractivity contribution in [2.24, 2.45) is 5.92 Å². The molecule has 1 saturated heterocycles. The Kier molecular flexibility index (Phi) is 9.71. The van der Waals surface area contributed by atoms with E-state index in [1.165, 1.54) is 0 Å². The van der Waals surface area contributed by atoms with E-state index in [1.807, 2.05) is 65.4 Å². The first-order valence-electron chi connectivity index (χ1n) is 13.7. The van der Waals surface area contributed by atoms with Gasteiger partial charge in [-0.15, -0.1) is 0 Å². The summed E-state index contributed by atoms with van der Waals surface area (Å²) in [4.78, 5) is 29.5. The van der Waals surface area contributed by atoms with Gasteiger partial charge in [-0.2, -0.15) is 9.97 Å². The van der Waals surface area contributed by atoms with Crippen molar-refractivity contribution in [3.05, 3.63) is 94.5 Å². The topological polar surface area (TPSA) is 100 Å². The minimum Gasteiger partial charge on any atom is -0.358 e. The van der Waals surface area contributed by atoms with Gasteiger partial charge >= 0.3 is 0 Å². The van der Waals surface area contributed by atoms with Gasteiger partial charge in [0.2, 0.25) is 11.9 Å². The molecular weight excluding hydrogens is 559 g/mol. The van der Waals surface area contributed by atoms with Gasteiger partial charge in [-0.05, 0) is 80.7 Å². The lowest BCUT2D eigenvalue weighted by Gasteiger charge is -2.31. The second-order valence-corrected chi connectivity index (χ2v) is 11.3. The normalized spacial score (nSPS) is 14.9. The molecule has 0 aliphatic carbocycles. The monoisotopic (exact) mass is 592 g/mol. The maximum atomic E-state index is 13.6. The predicted octanol–water partition coefficient (Wildman–Crippen LogP) is 5.41. The van der Waals surface area contributed by atoms with E-state index in [-0.39, 0.29) is 5.91 Å². The average Bonchev–Trinajstić information content (AvgIpc) is 3.52. The third-order valence-electron chi connectivity index (χ3n) is 7.25. The van der Waals surface area contributed by atoms with Crippen LogP contribution in [0.15, 0.2) is 73.3 Å². The zero-order chi connectivity index (χ0) is 28.6. The number of halogens is 2.